The average molecular weight is 466 g/mol. The quantitative estimate of drug-likeness (QED) is 0.362. The summed E-state index contributed by atoms with van der Waals surface area (Å²) in [5, 5.41) is 9.73. The fraction of sp³-hybridized carbons (Fsp3) is 0.259. The van der Waals surface area contributed by atoms with Gasteiger partial charge in [0.15, 0.2) is 5.82 Å². The highest BCUT2D eigenvalue weighted by atomic mass is 16.1. The zero-order valence-corrected chi connectivity index (χ0v) is 20.0. The summed E-state index contributed by atoms with van der Waals surface area (Å²) in [6.07, 6.45) is 6.26. The lowest BCUT2D eigenvalue weighted by Gasteiger charge is -2.11. The number of aromatic amines is 1. The van der Waals surface area contributed by atoms with E-state index in [0.717, 1.165) is 33.5 Å². The molecule has 5 aromatic rings. The number of imidazole rings is 1. The van der Waals surface area contributed by atoms with Gasteiger partial charge in [0.25, 0.3) is 5.56 Å². The third-order valence-corrected chi connectivity index (χ3v) is 6.74. The maximum absolute atomic E-state index is 12.1. The van der Waals surface area contributed by atoms with Gasteiger partial charge in [0, 0.05) is 54.1 Å². The number of rotatable bonds is 6. The smallest absolute Gasteiger partial charge is 0.255 e. The van der Waals surface area contributed by atoms with Gasteiger partial charge in [-0.2, -0.15) is 4.98 Å². The maximum atomic E-state index is 12.1. The van der Waals surface area contributed by atoms with Crippen LogP contribution in [0.3, 0.4) is 0 Å². The van der Waals surface area contributed by atoms with E-state index in [1.807, 2.05) is 48.9 Å². The number of nitrogens with one attached hydrogen (secondary N) is 2. The summed E-state index contributed by atoms with van der Waals surface area (Å²) >= 11 is 0. The lowest BCUT2D eigenvalue weighted by molar-refractivity contribution is 0.669. The molecular formula is C27H27N7O. The lowest BCUT2D eigenvalue weighted by atomic mass is 10.1. The number of aryl methyl sites for hydroxylation is 3. The molecule has 0 radical (unpaired) electrons. The molecule has 2 aromatic carbocycles. The first-order chi connectivity index (χ1) is 17.0. The van der Waals surface area contributed by atoms with Gasteiger partial charge in [0.2, 0.25) is 5.95 Å². The molecule has 0 bridgehead atoms. The van der Waals surface area contributed by atoms with Crippen molar-refractivity contribution in [3.8, 4) is 22.6 Å². The maximum Gasteiger partial charge on any atom is 0.255 e. The Kier molecular flexibility index (Phi) is 5.02. The average Bonchev–Trinajstić information content (AvgIpc) is 3.51. The minimum absolute atomic E-state index is 0.0888. The van der Waals surface area contributed by atoms with E-state index in [1.54, 1.807) is 6.20 Å². The van der Waals surface area contributed by atoms with Crippen molar-refractivity contribution in [3.05, 3.63) is 76.6 Å². The topological polar surface area (TPSA) is 93.4 Å². The molecule has 2 N–H and O–H groups in total. The highest BCUT2D eigenvalue weighted by molar-refractivity contribution is 5.89. The zero-order chi connectivity index (χ0) is 24.1. The first-order valence-electron chi connectivity index (χ1n) is 12.0. The molecule has 8 heteroatoms. The standard InChI is InChI=1S/C27H27N7O/c1-4-34-27(30-22-12-11-21-20(16(22)2)13-14-28-26(21)35)31-24(32-34)18-7-5-17(6-8-18)23-15-33(3)25(29-23)19-9-10-19/h5-8,11-15,19H,4,9-10H2,1-3H3,(H,28,35)(H,30,31,32). The van der Waals surface area contributed by atoms with Crippen LogP contribution in [-0.4, -0.2) is 29.3 Å². The molecule has 0 spiro atoms. The molecule has 6 rings (SSSR count). The van der Waals surface area contributed by atoms with E-state index < -0.39 is 0 Å². The van der Waals surface area contributed by atoms with Gasteiger partial charge >= 0.3 is 0 Å². The Morgan fingerprint density at radius 2 is 1.80 bits per heavy atom. The van der Waals surface area contributed by atoms with Crippen molar-refractivity contribution >= 4 is 22.4 Å². The second kappa shape index (κ2) is 8.23. The lowest BCUT2D eigenvalue weighted by Crippen LogP contribution is -2.07. The van der Waals surface area contributed by atoms with E-state index in [4.69, 9.17) is 15.1 Å². The molecule has 0 unspecified atom stereocenters. The minimum atomic E-state index is -0.0888. The van der Waals surface area contributed by atoms with Crippen LogP contribution in [0.5, 0.6) is 0 Å². The Hall–Kier alpha value is -4.20. The van der Waals surface area contributed by atoms with Crippen LogP contribution in [0, 0.1) is 6.92 Å². The second-order valence-corrected chi connectivity index (χ2v) is 9.15. The van der Waals surface area contributed by atoms with Gasteiger partial charge in [0.1, 0.15) is 5.82 Å². The molecule has 1 fully saturated rings. The SMILES string of the molecule is CCn1nc(-c2ccc(-c3cn(C)c(C4CC4)n3)cc2)nc1Nc1ccc2c(=O)[nH]ccc2c1C. The van der Waals surface area contributed by atoms with Crippen LogP contribution in [0.2, 0.25) is 0 Å². The molecule has 35 heavy (non-hydrogen) atoms. The molecule has 8 nitrogen and oxygen atoms in total. The summed E-state index contributed by atoms with van der Waals surface area (Å²) in [4.78, 5) is 24.5. The van der Waals surface area contributed by atoms with Crippen LogP contribution in [0.25, 0.3) is 33.4 Å². The summed E-state index contributed by atoms with van der Waals surface area (Å²) in [7, 11) is 2.07. The van der Waals surface area contributed by atoms with E-state index in [1.165, 1.54) is 18.7 Å². The fourth-order valence-corrected chi connectivity index (χ4v) is 4.58. The van der Waals surface area contributed by atoms with Crippen LogP contribution in [-0.2, 0) is 13.6 Å². The van der Waals surface area contributed by atoms with Gasteiger partial charge < -0.3 is 14.9 Å². The van der Waals surface area contributed by atoms with Gasteiger partial charge in [0.05, 0.1) is 5.69 Å². The van der Waals surface area contributed by atoms with Gasteiger partial charge in [-0.15, -0.1) is 5.10 Å². The Balaban J connectivity index is 1.29. The highest BCUT2D eigenvalue weighted by Crippen LogP contribution is 2.40. The normalized spacial score (nSPS) is 13.5. The molecule has 0 atom stereocenters. The zero-order valence-electron chi connectivity index (χ0n) is 20.0. The first kappa shape index (κ1) is 21.3. The van der Waals surface area contributed by atoms with Gasteiger partial charge in [-0.05, 0) is 55.8 Å². The fourth-order valence-electron chi connectivity index (χ4n) is 4.58. The molecule has 0 amide bonds. The van der Waals surface area contributed by atoms with E-state index in [-0.39, 0.29) is 5.56 Å². The van der Waals surface area contributed by atoms with Crippen molar-refractivity contribution in [3.63, 3.8) is 0 Å². The Labute approximate surface area is 202 Å². The number of aromatic nitrogens is 6. The third kappa shape index (κ3) is 3.80. The summed E-state index contributed by atoms with van der Waals surface area (Å²) in [6, 6.07) is 13.9. The summed E-state index contributed by atoms with van der Waals surface area (Å²) in [5.74, 6) is 3.12. The predicted molar refractivity (Wildman–Crippen MR) is 138 cm³/mol. The molecule has 1 aliphatic rings. The number of pyridine rings is 1. The van der Waals surface area contributed by atoms with Gasteiger partial charge in [-0.25, -0.2) is 9.67 Å². The Morgan fingerprint density at radius 1 is 1.03 bits per heavy atom. The Morgan fingerprint density at radius 3 is 2.54 bits per heavy atom. The third-order valence-electron chi connectivity index (χ3n) is 6.74. The number of nitrogens with zero attached hydrogens (tertiary/aromatic N) is 5. The van der Waals surface area contributed by atoms with Gasteiger partial charge in [-0.1, -0.05) is 24.3 Å². The summed E-state index contributed by atoms with van der Waals surface area (Å²) in [5.41, 5.74) is 4.84. The van der Waals surface area contributed by atoms with Crippen LogP contribution >= 0.6 is 0 Å². The molecule has 1 saturated carbocycles. The largest absolute Gasteiger partial charge is 0.337 e. The van der Waals surface area contributed by atoms with Crippen molar-refractivity contribution in [2.45, 2.75) is 39.2 Å². The van der Waals surface area contributed by atoms with E-state index in [9.17, 15) is 4.79 Å². The summed E-state index contributed by atoms with van der Waals surface area (Å²) < 4.78 is 4.00. The van der Waals surface area contributed by atoms with Crippen LogP contribution in [0.4, 0.5) is 11.6 Å². The summed E-state index contributed by atoms with van der Waals surface area (Å²) in [6.45, 7) is 4.72. The molecule has 176 valence electrons. The van der Waals surface area contributed by atoms with E-state index in [0.29, 0.717) is 29.6 Å². The van der Waals surface area contributed by atoms with Crippen molar-refractivity contribution in [1.29, 1.82) is 0 Å². The molecule has 3 aromatic heterocycles. The molecular weight excluding hydrogens is 438 g/mol. The number of benzene rings is 2. The van der Waals surface area contributed by atoms with Crippen LogP contribution < -0.4 is 10.9 Å². The van der Waals surface area contributed by atoms with Crippen LogP contribution in [0.1, 0.15) is 37.1 Å². The number of hydrogen-bond acceptors (Lipinski definition) is 5. The molecule has 3 heterocycles. The van der Waals surface area contributed by atoms with Crippen molar-refractivity contribution in [1.82, 2.24) is 29.3 Å². The number of anilines is 2. The highest BCUT2D eigenvalue weighted by Gasteiger charge is 2.28. The van der Waals surface area contributed by atoms with Crippen molar-refractivity contribution < 1.29 is 0 Å². The van der Waals surface area contributed by atoms with Crippen LogP contribution in [0.15, 0.2) is 59.7 Å². The number of H-pyrrole nitrogens is 1. The van der Waals surface area contributed by atoms with Crippen molar-refractivity contribution in [2.24, 2.45) is 7.05 Å². The molecule has 0 aliphatic heterocycles. The molecule has 1 aliphatic carbocycles. The Bertz CT molecular complexity index is 1600. The molecule has 0 saturated heterocycles. The predicted octanol–water partition coefficient (Wildman–Crippen LogP) is 5.14. The van der Waals surface area contributed by atoms with E-state index >= 15 is 0 Å². The number of hydrogen-bond donors (Lipinski definition) is 2. The monoisotopic (exact) mass is 465 g/mol. The van der Waals surface area contributed by atoms with Gasteiger partial charge in [-0.3, -0.25) is 4.79 Å². The number of fused-ring (bicyclic) bond motifs is 1. The van der Waals surface area contributed by atoms with E-state index in [2.05, 4.69) is 40.2 Å². The minimum Gasteiger partial charge on any atom is -0.337 e. The van der Waals surface area contributed by atoms with Crippen molar-refractivity contribution in [2.75, 3.05) is 5.32 Å². The second-order valence-electron chi connectivity index (χ2n) is 9.15. The first-order valence-corrected chi connectivity index (χ1v) is 12.0.